The van der Waals surface area contributed by atoms with Gasteiger partial charge < -0.3 is 10.1 Å². The van der Waals surface area contributed by atoms with Crippen LogP contribution < -0.4 is 5.32 Å². The highest BCUT2D eigenvalue weighted by Crippen LogP contribution is 2.26. The summed E-state index contributed by atoms with van der Waals surface area (Å²) in [6.07, 6.45) is 4.58. The first kappa shape index (κ1) is 12.7. The van der Waals surface area contributed by atoms with E-state index < -0.39 is 0 Å². The predicted octanol–water partition coefficient (Wildman–Crippen LogP) is 3.03. The topological polar surface area (TPSA) is 38.3 Å². The van der Waals surface area contributed by atoms with Crippen molar-refractivity contribution >= 4 is 5.97 Å². The summed E-state index contributed by atoms with van der Waals surface area (Å²) in [7, 11) is 0. The molecule has 0 saturated heterocycles. The Bertz CT molecular complexity index is 484. The van der Waals surface area contributed by atoms with Crippen molar-refractivity contribution in [3.63, 3.8) is 0 Å². The molecule has 0 aromatic heterocycles. The lowest BCUT2D eigenvalue weighted by atomic mass is 9.89. The van der Waals surface area contributed by atoms with E-state index in [1.54, 1.807) is 0 Å². The number of benzene rings is 1. The molecule has 1 aliphatic carbocycles. The lowest BCUT2D eigenvalue weighted by molar-refractivity contribution is 0.0155. The summed E-state index contributed by atoms with van der Waals surface area (Å²) < 4.78 is 5.65. The van der Waals surface area contributed by atoms with Gasteiger partial charge in [0.05, 0.1) is 5.56 Å². The molecular formula is C16H21NO2. The first-order valence-electron chi connectivity index (χ1n) is 7.26. The van der Waals surface area contributed by atoms with Crippen molar-refractivity contribution in [1.29, 1.82) is 0 Å². The van der Waals surface area contributed by atoms with Crippen LogP contribution in [0.5, 0.6) is 0 Å². The third-order valence-electron chi connectivity index (χ3n) is 4.23. The highest BCUT2D eigenvalue weighted by atomic mass is 16.5. The molecule has 0 amide bonds. The van der Waals surface area contributed by atoms with Crippen LogP contribution in [-0.2, 0) is 17.8 Å². The smallest absolute Gasteiger partial charge is 0.338 e. The van der Waals surface area contributed by atoms with Gasteiger partial charge in [-0.05, 0) is 48.4 Å². The van der Waals surface area contributed by atoms with Gasteiger partial charge in [0.2, 0.25) is 0 Å². The molecule has 3 rings (SSSR count). The van der Waals surface area contributed by atoms with E-state index in [0.29, 0.717) is 11.5 Å². The minimum Gasteiger partial charge on any atom is -0.459 e. The van der Waals surface area contributed by atoms with Crippen LogP contribution in [0.15, 0.2) is 18.2 Å². The zero-order valence-electron chi connectivity index (χ0n) is 11.4. The van der Waals surface area contributed by atoms with Gasteiger partial charge in [0.25, 0.3) is 0 Å². The first-order valence-corrected chi connectivity index (χ1v) is 7.26. The Kier molecular flexibility index (Phi) is 3.56. The predicted molar refractivity (Wildman–Crippen MR) is 73.8 cm³/mol. The Balaban J connectivity index is 1.67. The summed E-state index contributed by atoms with van der Waals surface area (Å²) in [6, 6.07) is 5.90. The van der Waals surface area contributed by atoms with Crippen molar-refractivity contribution in [3.8, 4) is 0 Å². The molecule has 0 radical (unpaired) electrons. The van der Waals surface area contributed by atoms with Crippen molar-refractivity contribution in [2.45, 2.75) is 51.8 Å². The van der Waals surface area contributed by atoms with Gasteiger partial charge in [0, 0.05) is 13.1 Å². The van der Waals surface area contributed by atoms with E-state index in [1.807, 2.05) is 18.2 Å². The Morgan fingerprint density at radius 2 is 2.11 bits per heavy atom. The number of hydrogen-bond acceptors (Lipinski definition) is 3. The minimum atomic E-state index is -0.159. The van der Waals surface area contributed by atoms with Gasteiger partial charge in [-0.25, -0.2) is 4.79 Å². The number of esters is 1. The number of carbonyl (C=O) groups is 1. The monoisotopic (exact) mass is 259 g/mol. The fourth-order valence-corrected chi connectivity index (χ4v) is 3.13. The molecule has 3 heteroatoms. The quantitative estimate of drug-likeness (QED) is 0.830. The molecule has 1 aromatic rings. The summed E-state index contributed by atoms with van der Waals surface area (Å²) in [6.45, 7) is 4.00. The molecule has 1 saturated carbocycles. The average Bonchev–Trinajstić information content (AvgIpc) is 2.85. The Labute approximate surface area is 114 Å². The van der Waals surface area contributed by atoms with Crippen molar-refractivity contribution in [1.82, 2.24) is 5.32 Å². The van der Waals surface area contributed by atoms with Crippen LogP contribution in [0.3, 0.4) is 0 Å². The van der Waals surface area contributed by atoms with E-state index in [-0.39, 0.29) is 12.1 Å². The summed E-state index contributed by atoms with van der Waals surface area (Å²) in [5.74, 6) is 0.518. The molecule has 1 heterocycles. The molecule has 2 unspecified atom stereocenters. The Hall–Kier alpha value is -1.35. The fourth-order valence-electron chi connectivity index (χ4n) is 3.13. The second kappa shape index (κ2) is 5.33. The molecule has 1 aromatic carbocycles. The van der Waals surface area contributed by atoms with Crippen LogP contribution in [0.2, 0.25) is 0 Å². The molecule has 2 atom stereocenters. The number of rotatable bonds is 2. The van der Waals surface area contributed by atoms with Crippen molar-refractivity contribution in [3.05, 3.63) is 34.9 Å². The molecule has 3 nitrogen and oxygen atoms in total. The molecule has 0 bridgehead atoms. The maximum atomic E-state index is 12.2. The number of ether oxygens (including phenoxy) is 1. The zero-order chi connectivity index (χ0) is 13.2. The van der Waals surface area contributed by atoms with Crippen LogP contribution in [-0.4, -0.2) is 12.1 Å². The normalized spacial score (nSPS) is 25.9. The van der Waals surface area contributed by atoms with E-state index in [2.05, 4.69) is 12.2 Å². The van der Waals surface area contributed by atoms with Gasteiger partial charge in [0.15, 0.2) is 0 Å². The van der Waals surface area contributed by atoms with E-state index in [4.69, 9.17) is 4.74 Å². The molecule has 1 aliphatic heterocycles. The van der Waals surface area contributed by atoms with E-state index in [0.717, 1.165) is 25.9 Å². The lowest BCUT2D eigenvalue weighted by Gasteiger charge is -2.26. The maximum Gasteiger partial charge on any atom is 0.338 e. The third-order valence-corrected chi connectivity index (χ3v) is 4.23. The van der Waals surface area contributed by atoms with Gasteiger partial charge >= 0.3 is 5.97 Å². The SMILES string of the molecule is CC1CCCC(OC(=O)c2ccc3c(c2)CNC3)C1. The Morgan fingerprint density at radius 1 is 1.26 bits per heavy atom. The molecule has 1 fully saturated rings. The lowest BCUT2D eigenvalue weighted by Crippen LogP contribution is -2.24. The summed E-state index contributed by atoms with van der Waals surface area (Å²) in [5, 5.41) is 3.29. The minimum absolute atomic E-state index is 0.114. The molecule has 1 N–H and O–H groups in total. The molecule has 19 heavy (non-hydrogen) atoms. The average molecular weight is 259 g/mol. The highest BCUT2D eigenvalue weighted by molar-refractivity contribution is 5.89. The largest absolute Gasteiger partial charge is 0.459 e. The van der Waals surface area contributed by atoms with Crippen LogP contribution in [0, 0.1) is 5.92 Å². The van der Waals surface area contributed by atoms with Gasteiger partial charge in [-0.15, -0.1) is 0 Å². The van der Waals surface area contributed by atoms with Crippen LogP contribution >= 0.6 is 0 Å². The zero-order valence-corrected chi connectivity index (χ0v) is 11.4. The van der Waals surface area contributed by atoms with Gasteiger partial charge in [0.1, 0.15) is 6.10 Å². The van der Waals surface area contributed by atoms with E-state index >= 15 is 0 Å². The summed E-state index contributed by atoms with van der Waals surface area (Å²) in [5.41, 5.74) is 3.22. The standard InChI is InChI=1S/C16H21NO2/c1-11-3-2-4-15(7-11)19-16(18)12-5-6-13-9-17-10-14(13)8-12/h5-6,8,11,15,17H,2-4,7,9-10H2,1H3. The van der Waals surface area contributed by atoms with E-state index in [9.17, 15) is 4.79 Å². The van der Waals surface area contributed by atoms with Crippen LogP contribution in [0.4, 0.5) is 0 Å². The molecule has 102 valence electrons. The second-order valence-corrected chi connectivity index (χ2v) is 5.89. The Morgan fingerprint density at radius 3 is 2.95 bits per heavy atom. The van der Waals surface area contributed by atoms with Gasteiger partial charge in [-0.3, -0.25) is 0 Å². The molecular weight excluding hydrogens is 238 g/mol. The second-order valence-electron chi connectivity index (χ2n) is 5.89. The maximum absolute atomic E-state index is 12.2. The number of hydrogen-bond donors (Lipinski definition) is 1. The number of nitrogens with one attached hydrogen (secondary N) is 1. The van der Waals surface area contributed by atoms with Crippen LogP contribution in [0.25, 0.3) is 0 Å². The van der Waals surface area contributed by atoms with Gasteiger partial charge in [-0.2, -0.15) is 0 Å². The fraction of sp³-hybridized carbons (Fsp3) is 0.562. The highest BCUT2D eigenvalue weighted by Gasteiger charge is 2.23. The van der Waals surface area contributed by atoms with Crippen molar-refractivity contribution in [2.24, 2.45) is 5.92 Å². The third kappa shape index (κ3) is 2.81. The first-order chi connectivity index (χ1) is 9.22. The van der Waals surface area contributed by atoms with E-state index in [1.165, 1.54) is 24.0 Å². The van der Waals surface area contributed by atoms with Crippen LogP contribution in [0.1, 0.15) is 54.1 Å². The van der Waals surface area contributed by atoms with Gasteiger partial charge in [-0.1, -0.05) is 19.4 Å². The number of carbonyl (C=O) groups excluding carboxylic acids is 1. The summed E-state index contributed by atoms with van der Waals surface area (Å²) >= 11 is 0. The molecule has 0 spiro atoms. The summed E-state index contributed by atoms with van der Waals surface area (Å²) in [4.78, 5) is 12.2. The molecule has 2 aliphatic rings. The number of fused-ring (bicyclic) bond motifs is 1. The van der Waals surface area contributed by atoms with Crippen molar-refractivity contribution < 1.29 is 9.53 Å². The van der Waals surface area contributed by atoms with Crippen molar-refractivity contribution in [2.75, 3.05) is 0 Å².